The fourth-order valence-electron chi connectivity index (χ4n) is 3.59. The lowest BCUT2D eigenvalue weighted by Gasteiger charge is -2.28. The van der Waals surface area contributed by atoms with E-state index in [4.69, 9.17) is 28.4 Å². The summed E-state index contributed by atoms with van der Waals surface area (Å²) in [6.07, 6.45) is 6.39. The summed E-state index contributed by atoms with van der Waals surface area (Å²) < 4.78 is 31.8. The average Bonchev–Trinajstić information content (AvgIpc) is 3.26. The van der Waals surface area contributed by atoms with Crippen LogP contribution in [0.1, 0.15) is 19.8 Å². The lowest BCUT2D eigenvalue weighted by molar-refractivity contribution is -0.158. The number of hydrogen-bond acceptors (Lipinski definition) is 7. The highest BCUT2D eigenvalue weighted by Gasteiger charge is 2.50. The third-order valence-electron chi connectivity index (χ3n) is 5.15. The van der Waals surface area contributed by atoms with Crippen LogP contribution in [0.3, 0.4) is 0 Å². The SMILES string of the molecule is COCCOCCOCCOCCOCCOC(=O)C1(C)CC2C=CC1C2. The van der Waals surface area contributed by atoms with Crippen molar-refractivity contribution in [3.63, 3.8) is 0 Å². The van der Waals surface area contributed by atoms with Crippen molar-refractivity contribution in [3.8, 4) is 0 Å². The highest BCUT2D eigenvalue weighted by molar-refractivity contribution is 5.78. The van der Waals surface area contributed by atoms with E-state index in [1.807, 2.05) is 6.92 Å². The van der Waals surface area contributed by atoms with Crippen LogP contribution in [0, 0.1) is 17.3 Å². The predicted molar refractivity (Wildman–Crippen MR) is 99.6 cm³/mol. The largest absolute Gasteiger partial charge is 0.463 e. The molecule has 2 bridgehead atoms. The molecule has 0 amide bonds. The summed E-state index contributed by atoms with van der Waals surface area (Å²) in [5.41, 5.74) is -0.350. The molecule has 1 saturated carbocycles. The summed E-state index contributed by atoms with van der Waals surface area (Å²) in [4.78, 5) is 12.3. The van der Waals surface area contributed by atoms with Gasteiger partial charge in [-0.3, -0.25) is 4.79 Å². The maximum absolute atomic E-state index is 12.3. The van der Waals surface area contributed by atoms with E-state index in [1.165, 1.54) is 0 Å². The molecule has 27 heavy (non-hydrogen) atoms. The fourth-order valence-corrected chi connectivity index (χ4v) is 3.59. The molecule has 0 aliphatic heterocycles. The lowest BCUT2D eigenvalue weighted by atomic mass is 9.78. The van der Waals surface area contributed by atoms with Gasteiger partial charge in [-0.2, -0.15) is 0 Å². The van der Waals surface area contributed by atoms with Gasteiger partial charge in [-0.25, -0.2) is 0 Å². The van der Waals surface area contributed by atoms with Crippen molar-refractivity contribution in [1.82, 2.24) is 0 Å². The molecule has 1 fully saturated rings. The van der Waals surface area contributed by atoms with E-state index in [0.717, 1.165) is 12.8 Å². The fraction of sp³-hybridized carbons (Fsp3) is 0.850. The number of carbonyl (C=O) groups is 1. The van der Waals surface area contributed by atoms with Gasteiger partial charge in [0.1, 0.15) is 6.61 Å². The Morgan fingerprint density at radius 3 is 1.81 bits per heavy atom. The number of rotatable bonds is 16. The van der Waals surface area contributed by atoms with Gasteiger partial charge in [-0.05, 0) is 31.6 Å². The number of allylic oxidation sites excluding steroid dienone is 2. The Hall–Kier alpha value is -0.990. The predicted octanol–water partition coefficient (Wildman–Crippen LogP) is 1.84. The van der Waals surface area contributed by atoms with Crippen LogP contribution in [0.5, 0.6) is 0 Å². The quantitative estimate of drug-likeness (QED) is 0.228. The molecule has 7 heteroatoms. The van der Waals surface area contributed by atoms with Crippen LogP contribution >= 0.6 is 0 Å². The van der Waals surface area contributed by atoms with Crippen molar-refractivity contribution in [1.29, 1.82) is 0 Å². The molecule has 0 saturated heterocycles. The number of esters is 1. The molecule has 0 aromatic heterocycles. The summed E-state index contributed by atoms with van der Waals surface area (Å²) in [7, 11) is 1.64. The molecule has 0 radical (unpaired) electrons. The minimum atomic E-state index is -0.350. The molecule has 0 spiro atoms. The summed E-state index contributed by atoms with van der Waals surface area (Å²) in [5.74, 6) is 0.791. The molecule has 0 heterocycles. The van der Waals surface area contributed by atoms with Gasteiger partial charge in [0, 0.05) is 7.11 Å². The lowest BCUT2D eigenvalue weighted by Crippen LogP contribution is -2.34. The van der Waals surface area contributed by atoms with Gasteiger partial charge >= 0.3 is 5.97 Å². The van der Waals surface area contributed by atoms with Gasteiger partial charge in [0.25, 0.3) is 0 Å². The van der Waals surface area contributed by atoms with Crippen LogP contribution in [0.2, 0.25) is 0 Å². The van der Waals surface area contributed by atoms with Crippen LogP contribution in [0.25, 0.3) is 0 Å². The van der Waals surface area contributed by atoms with E-state index in [9.17, 15) is 4.79 Å². The standard InChI is InChI=1S/C20H34O7/c1-20(16-17-3-4-18(20)15-17)19(21)27-14-13-26-12-11-25-10-9-24-8-7-23-6-5-22-2/h3-4,17-18H,5-16H2,1-2H3. The molecule has 0 N–H and O–H groups in total. The Balaban J connectivity index is 1.33. The van der Waals surface area contributed by atoms with Crippen LogP contribution < -0.4 is 0 Å². The Bertz CT molecular complexity index is 454. The third kappa shape index (κ3) is 7.50. The zero-order chi connectivity index (χ0) is 19.4. The average molecular weight is 386 g/mol. The zero-order valence-corrected chi connectivity index (χ0v) is 16.7. The second kappa shape index (κ2) is 12.5. The normalized spacial score (nSPS) is 26.0. The molecule has 0 aromatic carbocycles. The van der Waals surface area contributed by atoms with E-state index in [-0.39, 0.29) is 11.4 Å². The Labute approximate surface area is 162 Å². The summed E-state index contributed by atoms with van der Waals surface area (Å²) in [6.45, 7) is 7.01. The Morgan fingerprint density at radius 2 is 1.37 bits per heavy atom. The second-order valence-electron chi connectivity index (χ2n) is 7.19. The summed E-state index contributed by atoms with van der Waals surface area (Å²) in [6, 6.07) is 0. The second-order valence-corrected chi connectivity index (χ2v) is 7.19. The van der Waals surface area contributed by atoms with Gasteiger partial charge in [-0.1, -0.05) is 12.2 Å². The first-order valence-corrected chi connectivity index (χ1v) is 9.82. The number of fused-ring (bicyclic) bond motifs is 2. The first kappa shape index (κ1) is 22.3. The van der Waals surface area contributed by atoms with Crippen LogP contribution in [0.15, 0.2) is 12.2 Å². The molecule has 2 aliphatic carbocycles. The Kier molecular flexibility index (Phi) is 10.3. The highest BCUT2D eigenvalue weighted by Crippen LogP contribution is 2.52. The topological polar surface area (TPSA) is 72.5 Å². The van der Waals surface area contributed by atoms with Gasteiger partial charge in [0.2, 0.25) is 0 Å². The molecule has 7 nitrogen and oxygen atoms in total. The van der Waals surface area contributed by atoms with E-state index < -0.39 is 0 Å². The molecule has 2 aliphatic rings. The first-order chi connectivity index (χ1) is 13.2. The van der Waals surface area contributed by atoms with Crippen molar-refractivity contribution < 1.29 is 33.2 Å². The van der Waals surface area contributed by atoms with Gasteiger partial charge < -0.3 is 28.4 Å². The molecule has 3 atom stereocenters. The van der Waals surface area contributed by atoms with E-state index >= 15 is 0 Å². The molecule has 156 valence electrons. The molecule has 0 aromatic rings. The van der Waals surface area contributed by atoms with Gasteiger partial charge in [0.15, 0.2) is 0 Å². The van der Waals surface area contributed by atoms with Crippen molar-refractivity contribution in [2.45, 2.75) is 19.8 Å². The number of carbonyl (C=O) groups excluding carboxylic acids is 1. The number of methoxy groups -OCH3 is 1. The minimum absolute atomic E-state index is 0.0949. The minimum Gasteiger partial charge on any atom is -0.463 e. The van der Waals surface area contributed by atoms with Crippen LogP contribution in [-0.4, -0.2) is 79.1 Å². The Morgan fingerprint density at radius 1 is 0.852 bits per heavy atom. The number of ether oxygens (including phenoxy) is 6. The maximum atomic E-state index is 12.3. The smallest absolute Gasteiger partial charge is 0.312 e. The third-order valence-corrected chi connectivity index (χ3v) is 5.15. The van der Waals surface area contributed by atoms with Crippen molar-refractivity contribution in [2.75, 3.05) is 73.2 Å². The van der Waals surface area contributed by atoms with E-state index in [2.05, 4.69) is 12.2 Å². The molecule has 3 unspecified atom stereocenters. The van der Waals surface area contributed by atoms with Crippen molar-refractivity contribution in [2.24, 2.45) is 17.3 Å². The summed E-state index contributed by atoms with van der Waals surface area (Å²) >= 11 is 0. The molecular formula is C20H34O7. The van der Waals surface area contributed by atoms with Crippen LogP contribution in [-0.2, 0) is 33.2 Å². The molecule has 2 rings (SSSR count). The van der Waals surface area contributed by atoms with Crippen LogP contribution in [0.4, 0.5) is 0 Å². The summed E-state index contributed by atoms with van der Waals surface area (Å²) in [5, 5.41) is 0. The monoisotopic (exact) mass is 386 g/mol. The molecular weight excluding hydrogens is 352 g/mol. The zero-order valence-electron chi connectivity index (χ0n) is 16.7. The van der Waals surface area contributed by atoms with Gasteiger partial charge in [-0.15, -0.1) is 0 Å². The van der Waals surface area contributed by atoms with Gasteiger partial charge in [0.05, 0.1) is 64.9 Å². The van der Waals surface area contributed by atoms with E-state index in [0.29, 0.717) is 77.9 Å². The van der Waals surface area contributed by atoms with Crippen molar-refractivity contribution in [3.05, 3.63) is 12.2 Å². The first-order valence-electron chi connectivity index (χ1n) is 9.82. The maximum Gasteiger partial charge on any atom is 0.312 e. The number of hydrogen-bond donors (Lipinski definition) is 0. The van der Waals surface area contributed by atoms with E-state index in [1.54, 1.807) is 7.11 Å². The highest BCUT2D eigenvalue weighted by atomic mass is 16.6. The van der Waals surface area contributed by atoms with Crippen molar-refractivity contribution >= 4 is 5.97 Å².